The maximum absolute atomic E-state index is 13.1. The lowest BCUT2D eigenvalue weighted by molar-refractivity contribution is -0.131. The third kappa shape index (κ3) is 5.45. The predicted octanol–water partition coefficient (Wildman–Crippen LogP) is 1.53. The molecule has 182 valence electrons. The van der Waals surface area contributed by atoms with Gasteiger partial charge in [-0.05, 0) is 36.5 Å². The number of nitrogens with zero attached hydrogens (tertiary/aromatic N) is 3. The minimum absolute atomic E-state index is 0.0677. The minimum Gasteiger partial charge on any atom is -0.380 e. The molecule has 2 aliphatic heterocycles. The highest BCUT2D eigenvalue weighted by atomic mass is 16.5. The van der Waals surface area contributed by atoms with E-state index in [0.29, 0.717) is 56.1 Å². The normalized spacial score (nSPS) is 17.5. The van der Waals surface area contributed by atoms with Gasteiger partial charge < -0.3 is 24.8 Å². The summed E-state index contributed by atoms with van der Waals surface area (Å²) in [5.74, 6) is 0.531. The number of hydrogen-bond acceptors (Lipinski definition) is 7. The fourth-order valence-corrected chi connectivity index (χ4v) is 4.49. The first-order valence-corrected chi connectivity index (χ1v) is 11.6. The summed E-state index contributed by atoms with van der Waals surface area (Å²) >= 11 is 0. The van der Waals surface area contributed by atoms with E-state index >= 15 is 0 Å². The molecule has 2 N–H and O–H groups in total. The molecule has 0 spiro atoms. The van der Waals surface area contributed by atoms with Crippen LogP contribution in [-0.4, -0.2) is 78.6 Å². The zero-order valence-electron chi connectivity index (χ0n) is 19.5. The number of likely N-dealkylation sites (tertiary alicyclic amines) is 2. The summed E-state index contributed by atoms with van der Waals surface area (Å²) in [6.07, 6.45) is 1.40. The lowest BCUT2D eigenvalue weighted by Gasteiger charge is -2.52. The number of hydrogen-bond donors (Lipinski definition) is 2. The van der Waals surface area contributed by atoms with Gasteiger partial charge in [0.1, 0.15) is 12.3 Å². The Kier molecular flexibility index (Phi) is 7.59. The van der Waals surface area contributed by atoms with E-state index in [0.717, 1.165) is 18.7 Å². The zero-order chi connectivity index (χ0) is 24.1. The first kappa shape index (κ1) is 23.9. The van der Waals surface area contributed by atoms with Crippen molar-refractivity contribution < 1.29 is 23.6 Å². The van der Waals surface area contributed by atoms with E-state index in [-0.39, 0.29) is 17.7 Å². The van der Waals surface area contributed by atoms with Crippen molar-refractivity contribution in [1.29, 1.82) is 0 Å². The molecular weight excluding hydrogens is 438 g/mol. The highest BCUT2D eigenvalue weighted by molar-refractivity contribution is 5.92. The molecule has 2 aromatic rings. The van der Waals surface area contributed by atoms with Gasteiger partial charge in [-0.15, -0.1) is 0 Å². The molecule has 34 heavy (non-hydrogen) atoms. The fourth-order valence-electron chi connectivity index (χ4n) is 4.49. The molecule has 3 heterocycles. The summed E-state index contributed by atoms with van der Waals surface area (Å²) in [7, 11) is 0. The largest absolute Gasteiger partial charge is 0.380 e. The van der Waals surface area contributed by atoms with Gasteiger partial charge >= 0.3 is 0 Å². The predicted molar refractivity (Wildman–Crippen MR) is 124 cm³/mol. The lowest BCUT2D eigenvalue weighted by atomic mass is 9.79. The SMILES string of the molecule is CCOCCNC(=O)C(c1ccc(NC(C)=O)cc1)N1CC(C2CN(C(=O)c3ccon3)C2)C1. The average Bonchev–Trinajstić information content (AvgIpc) is 3.29. The van der Waals surface area contributed by atoms with Gasteiger partial charge in [0.05, 0.1) is 6.61 Å². The minimum atomic E-state index is -0.419. The molecule has 1 aromatic carbocycles. The van der Waals surface area contributed by atoms with Crippen molar-refractivity contribution in [2.24, 2.45) is 11.8 Å². The first-order valence-electron chi connectivity index (χ1n) is 11.6. The van der Waals surface area contributed by atoms with Crippen LogP contribution in [0.2, 0.25) is 0 Å². The van der Waals surface area contributed by atoms with Crippen LogP contribution in [0.4, 0.5) is 5.69 Å². The average molecular weight is 470 g/mol. The molecule has 0 saturated carbocycles. The van der Waals surface area contributed by atoms with Gasteiger partial charge in [0.15, 0.2) is 5.69 Å². The summed E-state index contributed by atoms with van der Waals surface area (Å²) in [5, 5.41) is 9.45. The van der Waals surface area contributed by atoms with E-state index in [2.05, 4.69) is 20.7 Å². The maximum atomic E-state index is 13.1. The Balaban J connectivity index is 1.35. The number of nitrogens with one attached hydrogen (secondary N) is 2. The van der Waals surface area contributed by atoms with Crippen LogP contribution in [0.15, 0.2) is 41.1 Å². The molecule has 4 rings (SSSR count). The monoisotopic (exact) mass is 469 g/mol. The topological polar surface area (TPSA) is 117 Å². The number of ether oxygens (including phenoxy) is 1. The van der Waals surface area contributed by atoms with E-state index in [1.165, 1.54) is 13.2 Å². The van der Waals surface area contributed by atoms with Crippen molar-refractivity contribution in [2.45, 2.75) is 19.9 Å². The number of carbonyl (C=O) groups is 3. The molecule has 10 heteroatoms. The lowest BCUT2D eigenvalue weighted by Crippen LogP contribution is -2.62. The van der Waals surface area contributed by atoms with Crippen molar-refractivity contribution in [3.8, 4) is 0 Å². The van der Waals surface area contributed by atoms with Gasteiger partial charge in [0.25, 0.3) is 5.91 Å². The summed E-state index contributed by atoms with van der Waals surface area (Å²) in [6, 6.07) is 8.55. The Morgan fingerprint density at radius 3 is 2.44 bits per heavy atom. The molecule has 2 aliphatic rings. The molecule has 2 saturated heterocycles. The smallest absolute Gasteiger partial charge is 0.276 e. The van der Waals surface area contributed by atoms with Crippen LogP contribution in [0.25, 0.3) is 0 Å². The van der Waals surface area contributed by atoms with Crippen LogP contribution in [0, 0.1) is 11.8 Å². The van der Waals surface area contributed by atoms with Gasteiger partial charge in [-0.3, -0.25) is 19.3 Å². The first-order chi connectivity index (χ1) is 16.5. The molecule has 10 nitrogen and oxygen atoms in total. The van der Waals surface area contributed by atoms with Crippen molar-refractivity contribution in [3.63, 3.8) is 0 Å². The van der Waals surface area contributed by atoms with Crippen LogP contribution in [0.1, 0.15) is 35.9 Å². The second-order valence-electron chi connectivity index (χ2n) is 8.76. The van der Waals surface area contributed by atoms with Gasteiger partial charge in [-0.1, -0.05) is 17.3 Å². The van der Waals surface area contributed by atoms with Crippen LogP contribution in [0.5, 0.6) is 0 Å². The van der Waals surface area contributed by atoms with E-state index in [9.17, 15) is 14.4 Å². The maximum Gasteiger partial charge on any atom is 0.276 e. The summed E-state index contributed by atoms with van der Waals surface area (Å²) in [4.78, 5) is 40.7. The van der Waals surface area contributed by atoms with Crippen molar-refractivity contribution in [2.75, 3.05) is 51.3 Å². The second kappa shape index (κ2) is 10.8. The van der Waals surface area contributed by atoms with Gasteiger partial charge in [0.2, 0.25) is 11.8 Å². The quantitative estimate of drug-likeness (QED) is 0.507. The Hall–Kier alpha value is -3.24. The van der Waals surface area contributed by atoms with Crippen molar-refractivity contribution in [1.82, 2.24) is 20.3 Å². The third-order valence-corrected chi connectivity index (χ3v) is 6.37. The Morgan fingerprint density at radius 1 is 1.12 bits per heavy atom. The van der Waals surface area contributed by atoms with E-state index in [1.807, 2.05) is 31.2 Å². The Morgan fingerprint density at radius 2 is 1.82 bits per heavy atom. The molecule has 1 unspecified atom stereocenters. The number of amides is 3. The van der Waals surface area contributed by atoms with Gasteiger partial charge in [-0.25, -0.2) is 0 Å². The van der Waals surface area contributed by atoms with Gasteiger partial charge in [0, 0.05) is 58.0 Å². The van der Waals surface area contributed by atoms with E-state index in [1.54, 1.807) is 11.0 Å². The van der Waals surface area contributed by atoms with Gasteiger partial charge in [-0.2, -0.15) is 0 Å². The molecule has 0 radical (unpaired) electrons. The molecule has 3 amide bonds. The zero-order valence-corrected chi connectivity index (χ0v) is 19.5. The van der Waals surface area contributed by atoms with Crippen LogP contribution < -0.4 is 10.6 Å². The number of carbonyl (C=O) groups excluding carboxylic acids is 3. The van der Waals surface area contributed by atoms with E-state index < -0.39 is 6.04 Å². The molecule has 2 fully saturated rings. The highest BCUT2D eigenvalue weighted by Gasteiger charge is 2.45. The summed E-state index contributed by atoms with van der Waals surface area (Å²) in [6.45, 7) is 7.87. The molecule has 1 atom stereocenters. The fraction of sp³-hybridized carbons (Fsp3) is 0.500. The molecular formula is C24H31N5O5. The molecule has 0 aliphatic carbocycles. The van der Waals surface area contributed by atoms with Crippen LogP contribution >= 0.6 is 0 Å². The second-order valence-corrected chi connectivity index (χ2v) is 8.76. The number of anilines is 1. The van der Waals surface area contributed by atoms with Crippen molar-refractivity contribution in [3.05, 3.63) is 47.9 Å². The summed E-state index contributed by atoms with van der Waals surface area (Å²) < 4.78 is 10.1. The number of aromatic nitrogens is 1. The highest BCUT2D eigenvalue weighted by Crippen LogP contribution is 2.37. The molecule has 1 aromatic heterocycles. The number of benzene rings is 1. The van der Waals surface area contributed by atoms with E-state index in [4.69, 9.17) is 9.26 Å². The van der Waals surface area contributed by atoms with Crippen LogP contribution in [-0.2, 0) is 14.3 Å². The van der Waals surface area contributed by atoms with Crippen molar-refractivity contribution >= 4 is 23.4 Å². The third-order valence-electron chi connectivity index (χ3n) is 6.37. The standard InChI is InChI=1S/C24H31N5O5/c1-3-33-11-9-25-23(31)22(17-4-6-20(7-5-17)26-16(2)30)28-12-18(13-28)19-14-29(15-19)24(32)21-8-10-34-27-21/h4-8,10,18-19,22H,3,9,11-15H2,1-2H3,(H,25,31)(H,26,30). The Labute approximate surface area is 198 Å². The van der Waals surface area contributed by atoms with Crippen LogP contribution in [0.3, 0.4) is 0 Å². The summed E-state index contributed by atoms with van der Waals surface area (Å²) in [5.41, 5.74) is 1.90. The number of rotatable bonds is 10. The molecule has 0 bridgehead atoms. The Bertz CT molecular complexity index is 982.